The van der Waals surface area contributed by atoms with Gasteiger partial charge in [-0.3, -0.25) is 0 Å². The molecule has 0 saturated heterocycles. The summed E-state index contributed by atoms with van der Waals surface area (Å²) < 4.78 is 6.08. The van der Waals surface area contributed by atoms with Crippen LogP contribution in [0.15, 0.2) is 12.1 Å². The van der Waals surface area contributed by atoms with Crippen molar-refractivity contribution < 1.29 is 4.43 Å². The number of pyridine rings is 1. The molecule has 0 aromatic carbocycles. The molecule has 0 aliphatic rings. The maximum Gasteiger partial charge on any atom is 0.192 e. The van der Waals surface area contributed by atoms with Crippen molar-refractivity contribution >= 4 is 31.5 Å². The summed E-state index contributed by atoms with van der Waals surface area (Å²) in [7, 11) is -1.73. The third-order valence-electron chi connectivity index (χ3n) is 3.23. The van der Waals surface area contributed by atoms with Gasteiger partial charge in [-0.2, -0.15) is 0 Å². The molecular weight excluding hydrogens is 273 g/mol. The normalized spacial score (nSPS) is 12.9. The minimum Gasteiger partial charge on any atom is -0.413 e. The van der Waals surface area contributed by atoms with Crippen LogP contribution < -0.4 is 0 Å². The first-order valence-electron chi connectivity index (χ1n) is 5.58. The molecule has 96 valence electrons. The molecule has 2 nitrogen and oxygen atoms in total. The van der Waals surface area contributed by atoms with E-state index in [1.807, 2.05) is 0 Å². The van der Waals surface area contributed by atoms with Crippen LogP contribution in [0.5, 0.6) is 0 Å². The third kappa shape index (κ3) is 4.25. The predicted octanol–water partition coefficient (Wildman–Crippen LogP) is 4.91. The Hall–Kier alpha value is -0.0931. The summed E-state index contributed by atoms with van der Waals surface area (Å²) in [6.45, 7) is 11.6. The topological polar surface area (TPSA) is 22.1 Å². The molecule has 0 saturated carbocycles. The lowest BCUT2D eigenvalue weighted by Gasteiger charge is -2.36. The Balaban J connectivity index is 2.74. The van der Waals surface area contributed by atoms with Crippen molar-refractivity contribution in [1.29, 1.82) is 0 Å². The van der Waals surface area contributed by atoms with E-state index in [1.165, 1.54) is 0 Å². The summed E-state index contributed by atoms with van der Waals surface area (Å²) >= 11 is 11.7. The fourth-order valence-electron chi connectivity index (χ4n) is 1.08. The van der Waals surface area contributed by atoms with Gasteiger partial charge in [0.05, 0.1) is 6.61 Å². The highest BCUT2D eigenvalue weighted by Gasteiger charge is 2.37. The first-order valence-corrected chi connectivity index (χ1v) is 9.24. The van der Waals surface area contributed by atoms with Crippen molar-refractivity contribution in [3.8, 4) is 0 Å². The van der Waals surface area contributed by atoms with Crippen molar-refractivity contribution in [3.05, 3.63) is 28.0 Å². The van der Waals surface area contributed by atoms with Crippen LogP contribution in [0.3, 0.4) is 0 Å². The largest absolute Gasteiger partial charge is 0.413 e. The van der Waals surface area contributed by atoms with Gasteiger partial charge in [0.25, 0.3) is 0 Å². The Morgan fingerprint density at radius 3 is 2.06 bits per heavy atom. The van der Waals surface area contributed by atoms with Gasteiger partial charge < -0.3 is 4.43 Å². The van der Waals surface area contributed by atoms with Crippen LogP contribution in [0, 0.1) is 0 Å². The predicted molar refractivity (Wildman–Crippen MR) is 76.2 cm³/mol. The molecule has 0 atom stereocenters. The van der Waals surface area contributed by atoms with E-state index in [0.717, 1.165) is 5.56 Å². The zero-order valence-corrected chi connectivity index (χ0v) is 13.5. The number of rotatable bonds is 3. The Bertz CT molecular complexity index is 382. The molecule has 5 heteroatoms. The van der Waals surface area contributed by atoms with Crippen LogP contribution in [0.2, 0.25) is 28.4 Å². The Labute approximate surface area is 114 Å². The summed E-state index contributed by atoms with van der Waals surface area (Å²) in [5.74, 6) is 0. The van der Waals surface area contributed by atoms with E-state index in [4.69, 9.17) is 27.6 Å². The molecule has 1 aromatic heterocycles. The Morgan fingerprint density at radius 2 is 1.65 bits per heavy atom. The molecule has 1 aromatic rings. The summed E-state index contributed by atoms with van der Waals surface area (Å²) in [6, 6.07) is 3.58. The highest BCUT2D eigenvalue weighted by molar-refractivity contribution is 6.74. The van der Waals surface area contributed by atoms with Crippen LogP contribution in [-0.4, -0.2) is 13.3 Å². The second kappa shape index (κ2) is 5.27. The summed E-state index contributed by atoms with van der Waals surface area (Å²) in [6.07, 6.45) is 0. The summed E-state index contributed by atoms with van der Waals surface area (Å²) in [5.41, 5.74) is 0.972. The van der Waals surface area contributed by atoms with Crippen LogP contribution in [-0.2, 0) is 11.0 Å². The standard InChI is InChI=1S/C12H19Cl2NOSi/c1-12(2,3)17(4,5)16-8-9-6-10(13)15-11(14)7-9/h6-7H,8H2,1-5H3. The van der Waals surface area contributed by atoms with Gasteiger partial charge in [0, 0.05) is 0 Å². The smallest absolute Gasteiger partial charge is 0.192 e. The number of hydrogen-bond acceptors (Lipinski definition) is 2. The average Bonchev–Trinajstić information content (AvgIpc) is 2.11. The SMILES string of the molecule is CC(C)(C)[Si](C)(C)OCc1cc(Cl)nc(Cl)c1. The van der Waals surface area contributed by atoms with Crippen molar-refractivity contribution in [1.82, 2.24) is 4.98 Å². The van der Waals surface area contributed by atoms with E-state index >= 15 is 0 Å². The van der Waals surface area contributed by atoms with Gasteiger partial charge >= 0.3 is 0 Å². The lowest BCUT2D eigenvalue weighted by molar-refractivity contribution is 0.276. The van der Waals surface area contributed by atoms with Crippen LogP contribution in [0.4, 0.5) is 0 Å². The van der Waals surface area contributed by atoms with Crippen molar-refractivity contribution in [2.75, 3.05) is 0 Å². The molecular formula is C12H19Cl2NOSi. The lowest BCUT2D eigenvalue weighted by atomic mass is 10.2. The minimum absolute atomic E-state index is 0.202. The highest BCUT2D eigenvalue weighted by Crippen LogP contribution is 2.37. The van der Waals surface area contributed by atoms with Gasteiger partial charge in [-0.05, 0) is 35.8 Å². The number of aromatic nitrogens is 1. The average molecular weight is 292 g/mol. The summed E-state index contributed by atoms with van der Waals surface area (Å²) in [5, 5.41) is 1.02. The molecule has 0 unspecified atom stereocenters. The van der Waals surface area contributed by atoms with Crippen LogP contribution in [0.1, 0.15) is 26.3 Å². The Morgan fingerprint density at radius 1 is 1.18 bits per heavy atom. The van der Waals surface area contributed by atoms with Crippen LogP contribution >= 0.6 is 23.2 Å². The van der Waals surface area contributed by atoms with Crippen LogP contribution in [0.25, 0.3) is 0 Å². The van der Waals surface area contributed by atoms with Gasteiger partial charge in [0.15, 0.2) is 8.32 Å². The fourth-order valence-corrected chi connectivity index (χ4v) is 2.54. The van der Waals surface area contributed by atoms with Gasteiger partial charge in [-0.1, -0.05) is 44.0 Å². The monoisotopic (exact) mass is 291 g/mol. The Kier molecular flexibility index (Phi) is 4.64. The molecule has 0 radical (unpaired) electrons. The number of halogens is 2. The molecule has 17 heavy (non-hydrogen) atoms. The highest BCUT2D eigenvalue weighted by atomic mass is 35.5. The molecule has 0 aliphatic carbocycles. The minimum atomic E-state index is -1.73. The van der Waals surface area contributed by atoms with Gasteiger partial charge in [0.2, 0.25) is 0 Å². The molecule has 1 heterocycles. The van der Waals surface area contributed by atoms with Gasteiger partial charge in [0.1, 0.15) is 10.3 Å². The fraction of sp³-hybridized carbons (Fsp3) is 0.583. The quantitative estimate of drug-likeness (QED) is 0.583. The second-order valence-corrected chi connectivity index (χ2v) is 11.3. The summed E-state index contributed by atoms with van der Waals surface area (Å²) in [4.78, 5) is 3.91. The molecule has 0 N–H and O–H groups in total. The third-order valence-corrected chi connectivity index (χ3v) is 8.09. The van der Waals surface area contributed by atoms with Gasteiger partial charge in [-0.15, -0.1) is 0 Å². The zero-order chi connectivity index (χ0) is 13.3. The van der Waals surface area contributed by atoms with Crippen molar-refractivity contribution in [2.24, 2.45) is 0 Å². The molecule has 0 spiro atoms. The van der Waals surface area contributed by atoms with E-state index in [0.29, 0.717) is 16.9 Å². The van der Waals surface area contributed by atoms with E-state index in [1.54, 1.807) is 12.1 Å². The number of hydrogen-bond donors (Lipinski definition) is 0. The van der Waals surface area contributed by atoms with Crippen molar-refractivity contribution in [3.63, 3.8) is 0 Å². The molecule has 0 fully saturated rings. The lowest BCUT2D eigenvalue weighted by Crippen LogP contribution is -2.40. The maximum atomic E-state index is 6.08. The zero-order valence-electron chi connectivity index (χ0n) is 11.0. The molecule has 0 amide bonds. The first kappa shape index (κ1) is 15.0. The number of nitrogens with zero attached hydrogens (tertiary/aromatic N) is 1. The van der Waals surface area contributed by atoms with E-state index in [2.05, 4.69) is 38.8 Å². The van der Waals surface area contributed by atoms with E-state index < -0.39 is 8.32 Å². The van der Waals surface area contributed by atoms with Gasteiger partial charge in [-0.25, -0.2) is 4.98 Å². The van der Waals surface area contributed by atoms with Crippen molar-refractivity contribution in [2.45, 2.75) is 45.5 Å². The molecule has 0 aliphatic heterocycles. The molecule has 1 rings (SSSR count). The van der Waals surface area contributed by atoms with E-state index in [-0.39, 0.29) is 5.04 Å². The maximum absolute atomic E-state index is 6.08. The first-order chi connectivity index (χ1) is 7.62. The second-order valence-electron chi connectivity index (χ2n) is 5.67. The molecule has 0 bridgehead atoms. The van der Waals surface area contributed by atoms with E-state index in [9.17, 15) is 0 Å².